The van der Waals surface area contributed by atoms with Crippen molar-refractivity contribution in [2.24, 2.45) is 7.05 Å². The first-order valence-electron chi connectivity index (χ1n) is 5.10. The first kappa shape index (κ1) is 12.4. The molecule has 0 amide bonds. The van der Waals surface area contributed by atoms with Crippen molar-refractivity contribution >= 4 is 5.97 Å². The Hall–Kier alpha value is -1.62. The minimum absolute atomic E-state index is 0.268. The number of imidazole rings is 1. The standard InChI is InChI=1S/C11H17N2O3/c1-3-11(14)16-9-8-15-7-6-13-5-4-12(2)10-13/h3-5,10H,1,6-9H2,2H3/q+1. The van der Waals surface area contributed by atoms with Crippen molar-refractivity contribution in [3.8, 4) is 0 Å². The van der Waals surface area contributed by atoms with Crippen LogP contribution in [0.1, 0.15) is 0 Å². The predicted molar refractivity (Wildman–Crippen MR) is 57.6 cm³/mol. The van der Waals surface area contributed by atoms with Gasteiger partial charge in [-0.2, -0.15) is 0 Å². The molecule has 5 nitrogen and oxygen atoms in total. The molecule has 16 heavy (non-hydrogen) atoms. The number of esters is 1. The average Bonchev–Trinajstić information content (AvgIpc) is 2.69. The highest BCUT2D eigenvalue weighted by Gasteiger charge is 1.99. The van der Waals surface area contributed by atoms with E-state index in [1.807, 2.05) is 34.9 Å². The molecule has 1 aromatic rings. The molecular weight excluding hydrogens is 208 g/mol. The van der Waals surface area contributed by atoms with Crippen molar-refractivity contribution < 1.29 is 18.8 Å². The summed E-state index contributed by atoms with van der Waals surface area (Å²) >= 11 is 0. The molecule has 0 bridgehead atoms. The van der Waals surface area contributed by atoms with Gasteiger partial charge in [0.15, 0.2) is 0 Å². The summed E-state index contributed by atoms with van der Waals surface area (Å²) in [5.74, 6) is -0.416. The number of rotatable bonds is 7. The maximum Gasteiger partial charge on any atom is 0.330 e. The molecule has 0 N–H and O–H groups in total. The summed E-state index contributed by atoms with van der Waals surface area (Å²) in [5, 5.41) is 0. The third kappa shape index (κ3) is 4.75. The summed E-state index contributed by atoms with van der Waals surface area (Å²) in [6.07, 6.45) is 7.05. The molecule has 0 aliphatic heterocycles. The normalized spacial score (nSPS) is 10.1. The monoisotopic (exact) mass is 225 g/mol. The number of nitrogens with zero attached hydrogens (tertiary/aromatic N) is 2. The summed E-state index contributed by atoms with van der Waals surface area (Å²) in [7, 11) is 1.96. The van der Waals surface area contributed by atoms with Crippen LogP contribution in [0.25, 0.3) is 0 Å². The molecule has 0 spiro atoms. The Morgan fingerprint density at radius 3 is 2.94 bits per heavy atom. The number of hydrogen-bond acceptors (Lipinski definition) is 3. The number of aromatic nitrogens is 2. The van der Waals surface area contributed by atoms with E-state index >= 15 is 0 Å². The van der Waals surface area contributed by atoms with Gasteiger partial charge >= 0.3 is 5.97 Å². The van der Waals surface area contributed by atoms with Crippen LogP contribution in [0.4, 0.5) is 0 Å². The van der Waals surface area contributed by atoms with Crippen molar-refractivity contribution in [1.29, 1.82) is 0 Å². The number of ether oxygens (including phenoxy) is 2. The van der Waals surface area contributed by atoms with Gasteiger partial charge in [-0.25, -0.2) is 13.9 Å². The van der Waals surface area contributed by atoms with Crippen LogP contribution in [-0.2, 0) is 27.9 Å². The molecule has 0 aliphatic carbocycles. The van der Waals surface area contributed by atoms with E-state index in [0.29, 0.717) is 13.2 Å². The quantitative estimate of drug-likeness (QED) is 0.285. The zero-order chi connectivity index (χ0) is 11.8. The Bertz CT molecular complexity index is 347. The number of hydrogen-bond donors (Lipinski definition) is 0. The minimum atomic E-state index is -0.416. The van der Waals surface area contributed by atoms with E-state index in [2.05, 4.69) is 6.58 Å². The Labute approximate surface area is 94.9 Å². The summed E-state index contributed by atoms with van der Waals surface area (Å²) < 4.78 is 14.0. The maximum absolute atomic E-state index is 10.7. The smallest absolute Gasteiger partial charge is 0.330 e. The molecule has 88 valence electrons. The highest BCUT2D eigenvalue weighted by molar-refractivity contribution is 5.81. The largest absolute Gasteiger partial charge is 0.460 e. The van der Waals surface area contributed by atoms with Crippen LogP contribution in [0, 0.1) is 0 Å². The van der Waals surface area contributed by atoms with Crippen LogP contribution >= 0.6 is 0 Å². The van der Waals surface area contributed by atoms with Crippen LogP contribution in [0.5, 0.6) is 0 Å². The molecule has 0 radical (unpaired) electrons. The van der Waals surface area contributed by atoms with Crippen molar-refractivity contribution in [2.75, 3.05) is 19.8 Å². The van der Waals surface area contributed by atoms with E-state index in [1.165, 1.54) is 0 Å². The van der Waals surface area contributed by atoms with Crippen LogP contribution < -0.4 is 4.57 Å². The zero-order valence-corrected chi connectivity index (χ0v) is 9.46. The summed E-state index contributed by atoms with van der Waals surface area (Å²) in [5.41, 5.74) is 0. The van der Waals surface area contributed by atoms with E-state index in [-0.39, 0.29) is 6.61 Å². The molecule has 0 unspecified atom stereocenters. The minimum Gasteiger partial charge on any atom is -0.460 e. The highest BCUT2D eigenvalue weighted by atomic mass is 16.6. The van der Waals surface area contributed by atoms with Gasteiger partial charge in [-0.05, 0) is 0 Å². The molecular formula is C11H17N2O3+. The number of aryl methyl sites for hydroxylation is 1. The van der Waals surface area contributed by atoms with Crippen LogP contribution in [0.3, 0.4) is 0 Å². The lowest BCUT2D eigenvalue weighted by molar-refractivity contribution is -0.671. The summed E-state index contributed by atoms with van der Waals surface area (Å²) in [4.78, 5) is 10.7. The molecule has 0 saturated heterocycles. The van der Waals surface area contributed by atoms with Gasteiger partial charge in [0.05, 0.1) is 20.3 Å². The molecule has 1 heterocycles. The van der Waals surface area contributed by atoms with E-state index in [1.54, 1.807) is 0 Å². The fourth-order valence-electron chi connectivity index (χ4n) is 1.17. The zero-order valence-electron chi connectivity index (χ0n) is 9.46. The van der Waals surface area contributed by atoms with Gasteiger partial charge in [0, 0.05) is 6.08 Å². The topological polar surface area (TPSA) is 44.3 Å². The third-order valence-corrected chi connectivity index (χ3v) is 1.96. The van der Waals surface area contributed by atoms with Crippen molar-refractivity contribution in [2.45, 2.75) is 6.54 Å². The van der Waals surface area contributed by atoms with Crippen LogP contribution in [0.2, 0.25) is 0 Å². The van der Waals surface area contributed by atoms with E-state index in [4.69, 9.17) is 9.47 Å². The molecule has 5 heteroatoms. The van der Waals surface area contributed by atoms with Gasteiger partial charge in [0.25, 0.3) is 0 Å². The summed E-state index contributed by atoms with van der Waals surface area (Å²) in [6, 6.07) is 0. The number of carbonyl (C=O) groups excluding carboxylic acids is 1. The van der Waals surface area contributed by atoms with Crippen molar-refractivity contribution in [3.05, 3.63) is 31.4 Å². The van der Waals surface area contributed by atoms with Crippen LogP contribution in [0.15, 0.2) is 31.4 Å². The SMILES string of the molecule is C=CC(=O)OCCOCCn1cc[n+](C)c1. The van der Waals surface area contributed by atoms with Gasteiger partial charge in [-0.1, -0.05) is 6.58 Å². The molecule has 0 fully saturated rings. The lowest BCUT2D eigenvalue weighted by atomic mass is 10.6. The molecule has 1 rings (SSSR count). The first-order valence-corrected chi connectivity index (χ1v) is 5.10. The second kappa shape index (κ2) is 6.79. The highest BCUT2D eigenvalue weighted by Crippen LogP contribution is 1.86. The first-order chi connectivity index (χ1) is 7.72. The predicted octanol–water partition coefficient (Wildman–Crippen LogP) is 0.0584. The van der Waals surface area contributed by atoms with Gasteiger partial charge in [-0.3, -0.25) is 0 Å². The molecule has 0 saturated carbocycles. The van der Waals surface area contributed by atoms with Gasteiger partial charge in [0.2, 0.25) is 6.33 Å². The molecule has 0 atom stereocenters. The van der Waals surface area contributed by atoms with Gasteiger partial charge in [-0.15, -0.1) is 0 Å². The lowest BCUT2D eigenvalue weighted by Crippen LogP contribution is -2.24. The number of carbonyl (C=O) groups is 1. The average molecular weight is 225 g/mol. The lowest BCUT2D eigenvalue weighted by Gasteiger charge is -2.02. The molecule has 0 aromatic carbocycles. The second-order valence-electron chi connectivity index (χ2n) is 3.30. The van der Waals surface area contributed by atoms with Crippen LogP contribution in [-0.4, -0.2) is 30.4 Å². The Balaban J connectivity index is 2.00. The third-order valence-electron chi connectivity index (χ3n) is 1.96. The fourth-order valence-corrected chi connectivity index (χ4v) is 1.17. The van der Waals surface area contributed by atoms with Gasteiger partial charge < -0.3 is 9.47 Å². The Morgan fingerprint density at radius 2 is 2.31 bits per heavy atom. The van der Waals surface area contributed by atoms with E-state index in [9.17, 15) is 4.79 Å². The Kier molecular flexibility index (Phi) is 5.28. The van der Waals surface area contributed by atoms with Gasteiger partial charge in [0.1, 0.15) is 25.5 Å². The summed E-state index contributed by atoms with van der Waals surface area (Å²) in [6.45, 7) is 5.36. The second-order valence-corrected chi connectivity index (χ2v) is 3.30. The van der Waals surface area contributed by atoms with E-state index < -0.39 is 5.97 Å². The maximum atomic E-state index is 10.7. The van der Waals surface area contributed by atoms with Crippen molar-refractivity contribution in [3.63, 3.8) is 0 Å². The molecule has 0 aliphatic rings. The van der Waals surface area contributed by atoms with E-state index in [0.717, 1.165) is 12.6 Å². The Morgan fingerprint density at radius 1 is 1.50 bits per heavy atom. The van der Waals surface area contributed by atoms with Crippen molar-refractivity contribution in [1.82, 2.24) is 4.57 Å². The fraction of sp³-hybridized carbons (Fsp3) is 0.455. The molecule has 1 aromatic heterocycles.